The van der Waals surface area contributed by atoms with E-state index < -0.39 is 70.2 Å². The molecule has 3 aliphatic heterocycles. The van der Waals surface area contributed by atoms with E-state index in [-0.39, 0.29) is 85.0 Å². The highest BCUT2D eigenvalue weighted by molar-refractivity contribution is 7.89. The van der Waals surface area contributed by atoms with Crippen LogP contribution < -0.4 is 15.4 Å². The number of fused-ring (bicyclic) bond motifs is 2. The van der Waals surface area contributed by atoms with E-state index in [1.807, 2.05) is 32.4 Å². The monoisotopic (exact) mass is 1010 g/mol. The van der Waals surface area contributed by atoms with Crippen LogP contribution in [-0.4, -0.2) is 164 Å². The number of methoxy groups -OCH3 is 2. The summed E-state index contributed by atoms with van der Waals surface area (Å²) in [6.07, 6.45) is 7.80. The number of rotatable bonds is 26. The van der Waals surface area contributed by atoms with Crippen LogP contribution in [0, 0.1) is 23.7 Å². The maximum Gasteiger partial charge on any atom is 0.256 e. The van der Waals surface area contributed by atoms with Crippen LogP contribution in [0.1, 0.15) is 111 Å². The van der Waals surface area contributed by atoms with E-state index in [2.05, 4.69) is 10.6 Å². The van der Waals surface area contributed by atoms with Crippen molar-refractivity contribution >= 4 is 57.3 Å². The molecular formula is C51H77N7O12S. The molecule has 1 aromatic carbocycles. The highest BCUT2D eigenvalue weighted by atomic mass is 32.2. The van der Waals surface area contributed by atoms with Crippen molar-refractivity contribution < 1.29 is 56.2 Å². The maximum absolute atomic E-state index is 14.7. The molecular weight excluding hydrogens is 935 g/mol. The van der Waals surface area contributed by atoms with Crippen LogP contribution in [0.15, 0.2) is 42.5 Å². The van der Waals surface area contributed by atoms with Gasteiger partial charge in [-0.15, -0.1) is 0 Å². The maximum atomic E-state index is 14.7. The Labute approximate surface area is 419 Å². The largest absolute Gasteiger partial charge is 0.379 e. The third-order valence-corrected chi connectivity index (χ3v) is 15.6. The van der Waals surface area contributed by atoms with E-state index in [0.717, 1.165) is 19.1 Å². The number of hydrogen-bond acceptors (Lipinski definition) is 12. The molecule has 5 rings (SSSR count). The average Bonchev–Trinajstić information content (AvgIpc) is 4.15. The first-order valence-electron chi connectivity index (χ1n) is 25.2. The fourth-order valence-corrected chi connectivity index (χ4v) is 11.6. The molecule has 1 aliphatic carbocycles. The minimum atomic E-state index is -3.93. The van der Waals surface area contributed by atoms with E-state index in [1.165, 1.54) is 31.3 Å². The standard InChI is InChI=1S/C51H77N7O12S/c1-10-32(4)45(55(6)51(66)44(31(2)3)53-50(65)46-35-22-23-36(29-35)58(46)42(61)21-15-12-16-26-57-40(59)24-25-41(57)60)39(69-7)30-43(62)56-27-17-20-38(56)47(70-8)33(5)48(63)52-37(49(64)54-71(9,67)68)28-34-18-13-11-14-19-34/h11,13-14,18-19,24-25,31-33,35-39,44-47H,10,12,15-17,20-23,26-30H2,1-9H3,(H,52,63)(H,53,65)(H,54,64)/t32-,33+,35-,36+,37-,38?,39+,44-,45-,46-,47+/m0/s1. The van der Waals surface area contributed by atoms with Gasteiger partial charge in [-0.05, 0) is 68.3 Å². The smallest absolute Gasteiger partial charge is 0.256 e. The average molecular weight is 1010 g/mol. The number of benzene rings is 1. The lowest BCUT2D eigenvalue weighted by Gasteiger charge is -2.41. The molecule has 2 saturated heterocycles. The number of nitrogens with zero attached hydrogens (tertiary/aromatic N) is 4. The Morgan fingerprint density at radius 1 is 0.859 bits per heavy atom. The summed E-state index contributed by atoms with van der Waals surface area (Å²) in [7, 11) is 0.688. The zero-order valence-electron chi connectivity index (χ0n) is 43.0. The first-order valence-corrected chi connectivity index (χ1v) is 27.1. The molecule has 0 aromatic heterocycles. The number of unbranched alkanes of at least 4 members (excludes halogenated alkanes) is 2. The van der Waals surface area contributed by atoms with E-state index in [0.29, 0.717) is 57.1 Å². The van der Waals surface area contributed by atoms with Gasteiger partial charge < -0.3 is 34.8 Å². The van der Waals surface area contributed by atoms with Gasteiger partial charge in [0.05, 0.1) is 42.9 Å². The molecule has 0 radical (unpaired) electrons. The molecule has 3 N–H and O–H groups in total. The summed E-state index contributed by atoms with van der Waals surface area (Å²) in [5.41, 5.74) is 0.703. The van der Waals surface area contributed by atoms with Gasteiger partial charge in [0, 0.05) is 65.4 Å². The first kappa shape index (κ1) is 56.7. The quantitative estimate of drug-likeness (QED) is 0.0898. The SMILES string of the molecule is CC[C@H](C)[C@@H]([C@@H](CC(=O)N1CCCC1[C@H](OC)[C@@H](C)C(=O)N[C@@H](Cc1ccccc1)C(=O)NS(C)(=O)=O)OC)N(C)C(=O)[C@@H](NC(=O)[C@@H]1[C@H]2CC[C@H](C2)N1C(=O)CCCCCN1C(=O)C=CC1=O)C(C)C. The van der Waals surface area contributed by atoms with Gasteiger partial charge in [0.1, 0.15) is 18.1 Å². The zero-order valence-corrected chi connectivity index (χ0v) is 43.8. The van der Waals surface area contributed by atoms with Gasteiger partial charge in [0.15, 0.2) is 0 Å². The number of carbonyl (C=O) groups is 8. The molecule has 3 heterocycles. The van der Waals surface area contributed by atoms with Crippen molar-refractivity contribution in [2.75, 3.05) is 40.6 Å². The fraction of sp³-hybridized carbons (Fsp3) is 0.686. The van der Waals surface area contributed by atoms with E-state index >= 15 is 0 Å². The molecule has 1 aromatic rings. The highest BCUT2D eigenvalue weighted by Crippen LogP contribution is 2.43. The fourth-order valence-electron chi connectivity index (χ4n) is 11.1. The Morgan fingerprint density at radius 2 is 1.54 bits per heavy atom. The number of sulfonamides is 1. The van der Waals surface area contributed by atoms with Gasteiger partial charge in [-0.3, -0.25) is 48.0 Å². The van der Waals surface area contributed by atoms with Crippen LogP contribution in [0.5, 0.6) is 0 Å². The second-order valence-electron chi connectivity index (χ2n) is 20.3. The molecule has 1 saturated carbocycles. The van der Waals surface area contributed by atoms with Crippen LogP contribution >= 0.6 is 0 Å². The van der Waals surface area contributed by atoms with Crippen molar-refractivity contribution in [2.45, 2.75) is 160 Å². The van der Waals surface area contributed by atoms with Gasteiger partial charge in [0.25, 0.3) is 17.7 Å². The van der Waals surface area contributed by atoms with E-state index in [9.17, 15) is 46.8 Å². The summed E-state index contributed by atoms with van der Waals surface area (Å²) in [6, 6.07) is 4.81. The third kappa shape index (κ3) is 14.3. The Hall–Kier alpha value is -5.21. The number of amides is 8. The Morgan fingerprint density at radius 3 is 2.14 bits per heavy atom. The van der Waals surface area contributed by atoms with Crippen molar-refractivity contribution in [2.24, 2.45) is 23.7 Å². The van der Waals surface area contributed by atoms with E-state index in [4.69, 9.17) is 9.47 Å². The lowest BCUT2D eigenvalue weighted by atomic mass is 9.89. The topological polar surface area (TPSA) is 238 Å². The summed E-state index contributed by atoms with van der Waals surface area (Å²) < 4.78 is 38.0. The summed E-state index contributed by atoms with van der Waals surface area (Å²) >= 11 is 0. The molecule has 71 heavy (non-hydrogen) atoms. The number of carbonyl (C=O) groups excluding carboxylic acids is 8. The third-order valence-electron chi connectivity index (χ3n) is 15.0. The number of hydrogen-bond donors (Lipinski definition) is 3. The molecule has 394 valence electrons. The molecule has 3 fully saturated rings. The molecule has 1 unspecified atom stereocenters. The van der Waals surface area contributed by atoms with Crippen LogP contribution in [0.3, 0.4) is 0 Å². The van der Waals surface area contributed by atoms with Crippen LogP contribution in [0.2, 0.25) is 0 Å². The van der Waals surface area contributed by atoms with Gasteiger partial charge >= 0.3 is 0 Å². The summed E-state index contributed by atoms with van der Waals surface area (Å²) in [4.78, 5) is 114. The number of nitrogens with one attached hydrogen (secondary N) is 3. The molecule has 0 spiro atoms. The highest BCUT2D eigenvalue weighted by Gasteiger charge is 2.52. The number of likely N-dealkylation sites (N-methyl/N-ethyl adjacent to an activating group) is 1. The summed E-state index contributed by atoms with van der Waals surface area (Å²) in [5, 5.41) is 5.78. The predicted molar refractivity (Wildman–Crippen MR) is 264 cm³/mol. The van der Waals surface area contributed by atoms with Gasteiger partial charge in [0.2, 0.25) is 39.6 Å². The van der Waals surface area contributed by atoms with Crippen molar-refractivity contribution in [1.29, 1.82) is 0 Å². The second kappa shape index (κ2) is 25.4. The predicted octanol–water partition coefficient (Wildman–Crippen LogP) is 2.72. The minimum Gasteiger partial charge on any atom is -0.379 e. The minimum absolute atomic E-state index is 0.0295. The van der Waals surface area contributed by atoms with Crippen molar-refractivity contribution in [3.8, 4) is 0 Å². The number of piperidine rings is 1. The summed E-state index contributed by atoms with van der Waals surface area (Å²) in [5.74, 6) is -4.62. The van der Waals surface area contributed by atoms with Crippen molar-refractivity contribution in [3.05, 3.63) is 48.0 Å². The Kier molecular flexibility index (Phi) is 20.3. The number of likely N-dealkylation sites (tertiary alicyclic amines) is 2. The van der Waals surface area contributed by atoms with Crippen molar-refractivity contribution in [1.82, 2.24) is 35.0 Å². The molecule has 20 heteroatoms. The second-order valence-corrected chi connectivity index (χ2v) is 22.0. The Balaban J connectivity index is 1.24. The molecule has 2 bridgehead atoms. The lowest BCUT2D eigenvalue weighted by Crippen LogP contribution is -2.60. The van der Waals surface area contributed by atoms with Gasteiger partial charge in [-0.25, -0.2) is 8.42 Å². The van der Waals surface area contributed by atoms with Crippen LogP contribution in [-0.2, 0) is 64.3 Å². The zero-order chi connectivity index (χ0) is 52.3. The van der Waals surface area contributed by atoms with Crippen LogP contribution in [0.25, 0.3) is 0 Å². The van der Waals surface area contributed by atoms with Gasteiger partial charge in [-0.2, -0.15) is 0 Å². The molecule has 19 nitrogen and oxygen atoms in total. The number of ether oxygens (including phenoxy) is 2. The van der Waals surface area contributed by atoms with E-state index in [1.54, 1.807) is 59.0 Å². The summed E-state index contributed by atoms with van der Waals surface area (Å²) in [6.45, 7) is 9.98. The molecule has 11 atom stereocenters. The molecule has 8 amide bonds. The lowest BCUT2D eigenvalue weighted by molar-refractivity contribution is -0.149. The van der Waals surface area contributed by atoms with Crippen molar-refractivity contribution in [3.63, 3.8) is 0 Å². The Bertz CT molecular complexity index is 2210. The van der Waals surface area contributed by atoms with Gasteiger partial charge in [-0.1, -0.05) is 77.8 Å². The first-order chi connectivity index (χ1) is 33.6. The molecule has 4 aliphatic rings. The number of imide groups is 1. The normalized spacial score (nSPS) is 22.8. The van der Waals surface area contributed by atoms with Crippen LogP contribution in [0.4, 0.5) is 0 Å².